The van der Waals surface area contributed by atoms with Crippen LogP contribution in [0.3, 0.4) is 0 Å². The van der Waals surface area contributed by atoms with Crippen LogP contribution < -0.4 is 5.32 Å². The molecular weight excluding hydrogens is 371 g/mol. The van der Waals surface area contributed by atoms with Gasteiger partial charge in [-0.2, -0.15) is 13.2 Å². The second kappa shape index (κ2) is 6.76. The van der Waals surface area contributed by atoms with Crippen LogP contribution in [0.5, 0.6) is 0 Å². The highest BCUT2D eigenvalue weighted by atomic mass is 19.4. The number of alkyl halides is 3. The zero-order chi connectivity index (χ0) is 19.7. The van der Waals surface area contributed by atoms with E-state index in [9.17, 15) is 18.0 Å². The lowest BCUT2D eigenvalue weighted by Gasteiger charge is -2.13. The molecule has 1 amide bonds. The van der Waals surface area contributed by atoms with Crippen LogP contribution in [0.1, 0.15) is 16.1 Å². The van der Waals surface area contributed by atoms with Crippen LogP contribution in [0.15, 0.2) is 67.1 Å². The summed E-state index contributed by atoms with van der Waals surface area (Å²) < 4.78 is 41.3. The van der Waals surface area contributed by atoms with Gasteiger partial charge in [0.25, 0.3) is 5.91 Å². The number of carbonyl (C=O) groups excluding carboxylic acids is 1. The molecule has 0 aliphatic heterocycles. The number of para-hydroxylation sites is 1. The van der Waals surface area contributed by atoms with Gasteiger partial charge in [-0.25, -0.2) is 15.0 Å². The number of anilines is 1. The Morgan fingerprint density at radius 1 is 0.964 bits per heavy atom. The Hall–Kier alpha value is -3.75. The lowest BCUT2D eigenvalue weighted by molar-refractivity contribution is -0.137. The normalized spacial score (nSPS) is 11.5. The van der Waals surface area contributed by atoms with Crippen LogP contribution >= 0.6 is 0 Å². The molecule has 0 saturated heterocycles. The molecule has 3 heterocycles. The number of amides is 1. The van der Waals surface area contributed by atoms with E-state index in [1.165, 1.54) is 47.4 Å². The van der Waals surface area contributed by atoms with Gasteiger partial charge >= 0.3 is 6.18 Å². The van der Waals surface area contributed by atoms with Gasteiger partial charge in [0, 0.05) is 6.20 Å². The highest BCUT2D eigenvalue weighted by Crippen LogP contribution is 2.34. The summed E-state index contributed by atoms with van der Waals surface area (Å²) in [6.07, 6.45) is -1.76. The van der Waals surface area contributed by atoms with Crippen LogP contribution in [-0.2, 0) is 6.18 Å². The summed E-state index contributed by atoms with van der Waals surface area (Å²) in [4.78, 5) is 24.7. The van der Waals surface area contributed by atoms with Crippen molar-refractivity contribution in [2.75, 3.05) is 5.32 Å². The molecule has 0 aliphatic rings. The monoisotopic (exact) mass is 383 g/mol. The Kier molecular flexibility index (Phi) is 4.26. The van der Waals surface area contributed by atoms with E-state index >= 15 is 0 Å². The molecule has 0 fully saturated rings. The number of hydrogen-bond acceptors (Lipinski definition) is 4. The topological polar surface area (TPSA) is 72.7 Å². The molecule has 0 bridgehead atoms. The number of hydrogen-bond donors (Lipinski definition) is 1. The summed E-state index contributed by atoms with van der Waals surface area (Å²) in [7, 11) is 0. The van der Waals surface area contributed by atoms with Crippen molar-refractivity contribution in [2.45, 2.75) is 6.18 Å². The molecular formula is C19H12F3N5O. The van der Waals surface area contributed by atoms with Crippen LogP contribution in [0.25, 0.3) is 16.9 Å². The van der Waals surface area contributed by atoms with Gasteiger partial charge in [0.15, 0.2) is 5.65 Å². The number of nitrogens with one attached hydrogen (secondary N) is 1. The fourth-order valence-corrected chi connectivity index (χ4v) is 2.74. The molecule has 0 atom stereocenters. The number of nitrogens with zero attached hydrogens (tertiary/aromatic N) is 4. The number of benzene rings is 1. The average molecular weight is 383 g/mol. The third-order valence-electron chi connectivity index (χ3n) is 4.00. The van der Waals surface area contributed by atoms with E-state index in [4.69, 9.17) is 0 Å². The summed E-state index contributed by atoms with van der Waals surface area (Å²) in [5, 5.41) is 2.59. The van der Waals surface area contributed by atoms with Crippen molar-refractivity contribution in [3.05, 3.63) is 78.4 Å². The Bertz CT molecular complexity index is 1160. The zero-order valence-corrected chi connectivity index (χ0v) is 14.2. The van der Waals surface area contributed by atoms with Crippen molar-refractivity contribution in [3.8, 4) is 5.69 Å². The highest BCUT2D eigenvalue weighted by Gasteiger charge is 2.34. The first-order valence-corrected chi connectivity index (χ1v) is 8.16. The zero-order valence-electron chi connectivity index (χ0n) is 14.2. The number of rotatable bonds is 3. The van der Waals surface area contributed by atoms with E-state index < -0.39 is 17.6 Å². The number of imidazole rings is 1. The van der Waals surface area contributed by atoms with Crippen molar-refractivity contribution in [1.29, 1.82) is 0 Å². The van der Waals surface area contributed by atoms with Gasteiger partial charge in [-0.15, -0.1) is 0 Å². The number of pyridine rings is 2. The van der Waals surface area contributed by atoms with Crippen LogP contribution in [0, 0.1) is 0 Å². The molecule has 3 aromatic heterocycles. The predicted octanol–water partition coefficient (Wildman–Crippen LogP) is 4.09. The maximum absolute atomic E-state index is 13.4. The summed E-state index contributed by atoms with van der Waals surface area (Å²) in [5.74, 6) is -0.192. The van der Waals surface area contributed by atoms with Gasteiger partial charge in [-0.3, -0.25) is 9.36 Å². The van der Waals surface area contributed by atoms with E-state index in [2.05, 4.69) is 20.3 Å². The van der Waals surface area contributed by atoms with Gasteiger partial charge < -0.3 is 5.32 Å². The third kappa shape index (κ3) is 3.29. The third-order valence-corrected chi connectivity index (χ3v) is 4.00. The first kappa shape index (κ1) is 17.7. The van der Waals surface area contributed by atoms with E-state index in [1.807, 2.05) is 0 Å². The number of halogens is 3. The molecule has 28 heavy (non-hydrogen) atoms. The first-order chi connectivity index (χ1) is 13.4. The Balaban J connectivity index is 1.77. The molecule has 0 radical (unpaired) electrons. The molecule has 1 aromatic carbocycles. The van der Waals surface area contributed by atoms with Gasteiger partial charge in [0.2, 0.25) is 0 Å². The summed E-state index contributed by atoms with van der Waals surface area (Å²) in [6, 6.07) is 13.1. The van der Waals surface area contributed by atoms with Gasteiger partial charge in [0.1, 0.15) is 23.4 Å². The minimum atomic E-state index is -4.54. The average Bonchev–Trinajstić information content (AvgIpc) is 3.11. The second-order valence-electron chi connectivity index (χ2n) is 5.84. The van der Waals surface area contributed by atoms with Crippen molar-refractivity contribution < 1.29 is 18.0 Å². The molecule has 9 heteroatoms. The summed E-state index contributed by atoms with van der Waals surface area (Å²) >= 11 is 0. The standard InChI is InChI=1S/C19H12F3N5O/c20-19(21,22)12-5-1-2-6-15(12)27-11-24-13-8-9-14(25-17(13)27)18(28)26-16-7-3-4-10-23-16/h1-11H,(H,23,26,28). The molecule has 6 nitrogen and oxygen atoms in total. The molecule has 0 unspecified atom stereocenters. The summed E-state index contributed by atoms with van der Waals surface area (Å²) in [6.45, 7) is 0. The Morgan fingerprint density at radius 2 is 1.75 bits per heavy atom. The van der Waals surface area contributed by atoms with Gasteiger partial charge in [-0.05, 0) is 36.4 Å². The minimum absolute atomic E-state index is 0.0318. The SMILES string of the molecule is O=C(Nc1ccccn1)c1ccc2ncn(-c3ccccc3C(F)(F)F)c2n1. The number of aromatic nitrogens is 4. The summed E-state index contributed by atoms with van der Waals surface area (Å²) in [5.41, 5.74) is -0.396. The number of fused-ring (bicyclic) bond motifs is 1. The van der Waals surface area contributed by atoms with Crippen LogP contribution in [0.4, 0.5) is 19.0 Å². The molecule has 0 saturated carbocycles. The van der Waals surface area contributed by atoms with Crippen LogP contribution in [-0.4, -0.2) is 25.4 Å². The largest absolute Gasteiger partial charge is 0.418 e. The molecule has 1 N–H and O–H groups in total. The quantitative estimate of drug-likeness (QED) is 0.578. The van der Waals surface area contributed by atoms with E-state index in [1.54, 1.807) is 18.2 Å². The van der Waals surface area contributed by atoms with E-state index in [0.29, 0.717) is 11.3 Å². The Labute approximate surface area is 156 Å². The molecule has 4 rings (SSSR count). The lowest BCUT2D eigenvalue weighted by Crippen LogP contribution is -2.15. The predicted molar refractivity (Wildman–Crippen MR) is 96.1 cm³/mol. The minimum Gasteiger partial charge on any atom is -0.305 e. The Morgan fingerprint density at radius 3 is 2.50 bits per heavy atom. The lowest BCUT2D eigenvalue weighted by atomic mass is 10.1. The van der Waals surface area contributed by atoms with Gasteiger partial charge in [-0.1, -0.05) is 18.2 Å². The van der Waals surface area contributed by atoms with Crippen molar-refractivity contribution in [2.24, 2.45) is 0 Å². The highest BCUT2D eigenvalue weighted by molar-refractivity contribution is 6.03. The second-order valence-corrected chi connectivity index (χ2v) is 5.84. The maximum atomic E-state index is 13.4. The first-order valence-electron chi connectivity index (χ1n) is 8.16. The molecule has 0 aliphatic carbocycles. The van der Waals surface area contributed by atoms with Crippen molar-refractivity contribution >= 4 is 22.9 Å². The van der Waals surface area contributed by atoms with Crippen LogP contribution in [0.2, 0.25) is 0 Å². The van der Waals surface area contributed by atoms with Crippen molar-refractivity contribution in [3.63, 3.8) is 0 Å². The fraction of sp³-hybridized carbons (Fsp3) is 0.0526. The molecule has 140 valence electrons. The fourth-order valence-electron chi connectivity index (χ4n) is 2.74. The maximum Gasteiger partial charge on any atom is 0.418 e. The number of carbonyl (C=O) groups is 1. The smallest absolute Gasteiger partial charge is 0.305 e. The van der Waals surface area contributed by atoms with E-state index in [-0.39, 0.29) is 17.0 Å². The molecule has 4 aromatic rings. The van der Waals surface area contributed by atoms with Gasteiger partial charge in [0.05, 0.1) is 11.3 Å². The molecule has 0 spiro atoms. The van der Waals surface area contributed by atoms with E-state index in [0.717, 1.165) is 6.07 Å². The van der Waals surface area contributed by atoms with Crippen molar-refractivity contribution in [1.82, 2.24) is 19.5 Å².